The first-order chi connectivity index (χ1) is 15.0. The number of aliphatic carboxylic acids is 1. The number of carbonyl (C=O) groups is 4. The molecule has 3 amide bonds. The van der Waals surface area contributed by atoms with Gasteiger partial charge >= 0.3 is 5.97 Å². The van der Waals surface area contributed by atoms with Crippen LogP contribution in [0.25, 0.3) is 0 Å². The third-order valence-corrected chi connectivity index (χ3v) is 5.53. The highest BCUT2D eigenvalue weighted by molar-refractivity contribution is 5.94. The second-order valence-electron chi connectivity index (χ2n) is 8.47. The number of nitrogens with zero attached hydrogens (tertiary/aromatic N) is 1. The van der Waals surface area contributed by atoms with Crippen molar-refractivity contribution in [2.24, 2.45) is 11.7 Å². The molecule has 1 heterocycles. The summed E-state index contributed by atoms with van der Waals surface area (Å²) in [5.74, 6) is -2.81. The molecular weight excluding hydrogens is 416 g/mol. The normalized spacial score (nSPS) is 18.7. The van der Waals surface area contributed by atoms with Crippen molar-refractivity contribution in [2.75, 3.05) is 6.54 Å². The average molecular weight is 449 g/mol. The van der Waals surface area contributed by atoms with Gasteiger partial charge in [0.05, 0.1) is 6.04 Å². The van der Waals surface area contributed by atoms with Gasteiger partial charge in [0.15, 0.2) is 0 Å². The maximum atomic E-state index is 12.9. The summed E-state index contributed by atoms with van der Waals surface area (Å²) in [5, 5.41) is 23.6. The van der Waals surface area contributed by atoms with Gasteiger partial charge in [-0.05, 0) is 49.8 Å². The Morgan fingerprint density at radius 1 is 1.12 bits per heavy atom. The van der Waals surface area contributed by atoms with Crippen LogP contribution >= 0.6 is 0 Å². The summed E-state index contributed by atoms with van der Waals surface area (Å²) in [5.41, 5.74) is 6.87. The van der Waals surface area contributed by atoms with Gasteiger partial charge in [0.1, 0.15) is 23.9 Å². The number of phenols is 1. The number of nitrogens with two attached hydrogens (primary N) is 1. The molecular formula is C22H32N4O6. The molecule has 0 spiro atoms. The second-order valence-corrected chi connectivity index (χ2v) is 8.47. The summed E-state index contributed by atoms with van der Waals surface area (Å²) >= 11 is 0. The first kappa shape index (κ1) is 25.1. The number of carboxylic acids is 1. The van der Waals surface area contributed by atoms with Gasteiger partial charge in [0.25, 0.3) is 0 Å². The van der Waals surface area contributed by atoms with Crippen molar-refractivity contribution < 1.29 is 29.4 Å². The number of rotatable bonds is 9. The van der Waals surface area contributed by atoms with Crippen LogP contribution in [0.15, 0.2) is 24.3 Å². The molecule has 0 aliphatic carbocycles. The van der Waals surface area contributed by atoms with E-state index >= 15 is 0 Å². The molecule has 10 nitrogen and oxygen atoms in total. The average Bonchev–Trinajstić information content (AvgIpc) is 3.22. The number of hydrogen-bond donors (Lipinski definition) is 5. The highest BCUT2D eigenvalue weighted by Crippen LogP contribution is 2.20. The Morgan fingerprint density at radius 3 is 2.31 bits per heavy atom. The third-order valence-electron chi connectivity index (χ3n) is 5.53. The smallest absolute Gasteiger partial charge is 0.326 e. The van der Waals surface area contributed by atoms with Gasteiger partial charge in [0, 0.05) is 6.54 Å². The molecule has 176 valence electrons. The van der Waals surface area contributed by atoms with Gasteiger partial charge in [-0.25, -0.2) is 4.79 Å². The van der Waals surface area contributed by atoms with E-state index in [0.29, 0.717) is 19.4 Å². The standard InChI is InChI=1S/C22H32N4O6/c1-12(2)18(22(31)32)25-19(28)13(3)24-20(29)17-5-4-10-26(17)21(30)16(23)11-14-6-8-15(27)9-7-14/h6-9,12-13,16-18,27H,4-5,10-11,23H2,1-3H3,(H,24,29)(H,25,28)(H,31,32). The minimum atomic E-state index is -1.15. The number of hydrogen-bond acceptors (Lipinski definition) is 6. The van der Waals surface area contributed by atoms with Crippen molar-refractivity contribution in [1.29, 1.82) is 0 Å². The molecule has 1 saturated heterocycles. The van der Waals surface area contributed by atoms with Crippen molar-refractivity contribution >= 4 is 23.7 Å². The molecule has 2 rings (SSSR count). The lowest BCUT2D eigenvalue weighted by Gasteiger charge is -2.28. The number of likely N-dealkylation sites (tertiary alicyclic amines) is 1. The molecule has 1 aliphatic rings. The monoisotopic (exact) mass is 448 g/mol. The molecule has 1 aromatic rings. The minimum Gasteiger partial charge on any atom is -0.508 e. The Bertz CT molecular complexity index is 841. The molecule has 1 aromatic carbocycles. The number of benzene rings is 1. The van der Waals surface area contributed by atoms with Crippen molar-refractivity contribution in [2.45, 2.75) is 64.2 Å². The summed E-state index contributed by atoms with van der Waals surface area (Å²) in [4.78, 5) is 50.7. The SMILES string of the molecule is CC(NC(=O)C1CCCN1C(=O)C(N)Cc1ccc(O)cc1)C(=O)NC(C(=O)O)C(C)C. The van der Waals surface area contributed by atoms with E-state index in [4.69, 9.17) is 5.73 Å². The van der Waals surface area contributed by atoms with Gasteiger partial charge in [-0.2, -0.15) is 0 Å². The fraction of sp³-hybridized carbons (Fsp3) is 0.545. The number of aromatic hydroxyl groups is 1. The van der Waals surface area contributed by atoms with Crippen LogP contribution in [0.1, 0.15) is 39.2 Å². The number of amides is 3. The van der Waals surface area contributed by atoms with E-state index in [0.717, 1.165) is 5.56 Å². The van der Waals surface area contributed by atoms with E-state index in [1.165, 1.54) is 24.0 Å². The molecule has 1 fully saturated rings. The quantitative estimate of drug-likeness (QED) is 0.355. The Balaban J connectivity index is 1.97. The van der Waals surface area contributed by atoms with Crippen molar-refractivity contribution in [3.8, 4) is 5.75 Å². The molecule has 4 atom stereocenters. The summed E-state index contributed by atoms with van der Waals surface area (Å²) < 4.78 is 0. The lowest BCUT2D eigenvalue weighted by Crippen LogP contribution is -2.56. The predicted octanol–water partition coefficient (Wildman–Crippen LogP) is -0.0169. The van der Waals surface area contributed by atoms with E-state index < -0.39 is 42.0 Å². The van der Waals surface area contributed by atoms with Crippen molar-refractivity contribution in [1.82, 2.24) is 15.5 Å². The van der Waals surface area contributed by atoms with Gasteiger partial charge < -0.3 is 31.5 Å². The highest BCUT2D eigenvalue weighted by atomic mass is 16.4. The van der Waals surface area contributed by atoms with Gasteiger partial charge in [0.2, 0.25) is 17.7 Å². The zero-order valence-electron chi connectivity index (χ0n) is 18.6. The van der Waals surface area contributed by atoms with E-state index in [1.807, 2.05) is 0 Å². The fourth-order valence-electron chi connectivity index (χ4n) is 3.66. The first-order valence-corrected chi connectivity index (χ1v) is 10.7. The molecule has 10 heteroatoms. The van der Waals surface area contributed by atoms with E-state index in [-0.39, 0.29) is 24.0 Å². The number of carbonyl (C=O) groups excluding carboxylic acids is 3. The summed E-state index contributed by atoms with van der Waals surface area (Å²) in [6.45, 7) is 5.19. The number of carboxylic acid groups (broad SMARTS) is 1. The van der Waals surface area contributed by atoms with Crippen LogP contribution in [0.2, 0.25) is 0 Å². The van der Waals surface area contributed by atoms with Crippen LogP contribution < -0.4 is 16.4 Å². The lowest BCUT2D eigenvalue weighted by atomic mass is 10.0. The maximum absolute atomic E-state index is 12.9. The molecule has 4 unspecified atom stereocenters. The van der Waals surface area contributed by atoms with E-state index in [2.05, 4.69) is 10.6 Å². The Kier molecular flexibility index (Phi) is 8.59. The Morgan fingerprint density at radius 2 is 1.75 bits per heavy atom. The summed E-state index contributed by atoms with van der Waals surface area (Å²) in [7, 11) is 0. The van der Waals surface area contributed by atoms with Gasteiger partial charge in [-0.15, -0.1) is 0 Å². The van der Waals surface area contributed by atoms with Gasteiger partial charge in [-0.3, -0.25) is 14.4 Å². The molecule has 0 saturated carbocycles. The van der Waals surface area contributed by atoms with Crippen LogP contribution in [0.4, 0.5) is 0 Å². The second kappa shape index (κ2) is 10.9. The van der Waals surface area contributed by atoms with E-state index in [1.54, 1.807) is 26.0 Å². The Labute approximate surface area is 187 Å². The lowest BCUT2D eigenvalue weighted by molar-refractivity contribution is -0.144. The zero-order valence-corrected chi connectivity index (χ0v) is 18.6. The number of nitrogens with one attached hydrogen (secondary N) is 2. The zero-order chi connectivity index (χ0) is 24.0. The summed E-state index contributed by atoms with van der Waals surface area (Å²) in [6.07, 6.45) is 1.33. The van der Waals surface area contributed by atoms with Crippen molar-refractivity contribution in [3.63, 3.8) is 0 Å². The predicted molar refractivity (Wildman–Crippen MR) is 117 cm³/mol. The van der Waals surface area contributed by atoms with Crippen molar-refractivity contribution in [3.05, 3.63) is 29.8 Å². The molecule has 6 N–H and O–H groups in total. The first-order valence-electron chi connectivity index (χ1n) is 10.7. The van der Waals surface area contributed by atoms with Crippen LogP contribution in [-0.4, -0.2) is 69.5 Å². The molecule has 0 aromatic heterocycles. The highest BCUT2D eigenvalue weighted by Gasteiger charge is 2.37. The van der Waals surface area contributed by atoms with Crippen LogP contribution in [-0.2, 0) is 25.6 Å². The Hall–Kier alpha value is -3.14. The summed E-state index contributed by atoms with van der Waals surface area (Å²) in [6, 6.07) is 2.76. The van der Waals surface area contributed by atoms with E-state index in [9.17, 15) is 29.4 Å². The molecule has 1 aliphatic heterocycles. The third kappa shape index (κ3) is 6.43. The largest absolute Gasteiger partial charge is 0.508 e. The van der Waals surface area contributed by atoms with Gasteiger partial charge in [-0.1, -0.05) is 26.0 Å². The van der Waals surface area contributed by atoms with Crippen LogP contribution in [0, 0.1) is 5.92 Å². The fourth-order valence-corrected chi connectivity index (χ4v) is 3.66. The topological polar surface area (TPSA) is 162 Å². The van der Waals surface area contributed by atoms with Crippen LogP contribution in [0.3, 0.4) is 0 Å². The molecule has 32 heavy (non-hydrogen) atoms. The molecule has 0 bridgehead atoms. The molecule has 0 radical (unpaired) electrons. The van der Waals surface area contributed by atoms with Crippen LogP contribution in [0.5, 0.6) is 5.75 Å². The number of phenolic OH excluding ortho intramolecular Hbond substituents is 1. The maximum Gasteiger partial charge on any atom is 0.326 e. The minimum absolute atomic E-state index is 0.117.